The van der Waals surface area contributed by atoms with Gasteiger partial charge in [-0.15, -0.1) is 11.3 Å². The van der Waals surface area contributed by atoms with Crippen LogP contribution in [-0.2, 0) is 4.79 Å². The van der Waals surface area contributed by atoms with Gasteiger partial charge in [0.2, 0.25) is 0 Å². The molecule has 4 nitrogen and oxygen atoms in total. The van der Waals surface area contributed by atoms with E-state index in [9.17, 15) is 9.59 Å². The lowest BCUT2D eigenvalue weighted by molar-refractivity contribution is -0.112. The van der Waals surface area contributed by atoms with Gasteiger partial charge in [-0.3, -0.25) is 9.59 Å². The van der Waals surface area contributed by atoms with Crippen LogP contribution in [0.25, 0.3) is 10.4 Å². The third-order valence-corrected chi connectivity index (χ3v) is 5.27. The molecule has 0 aliphatic carbocycles. The summed E-state index contributed by atoms with van der Waals surface area (Å²) in [7, 11) is 3.60. The van der Waals surface area contributed by atoms with Gasteiger partial charge in [0.25, 0.3) is 5.91 Å². The number of carbonyl (C=O) groups is 2. The second-order valence-electron chi connectivity index (χ2n) is 5.41. The van der Waals surface area contributed by atoms with Crippen LogP contribution in [0.2, 0.25) is 0 Å². The fourth-order valence-corrected chi connectivity index (χ4v) is 3.33. The van der Waals surface area contributed by atoms with Gasteiger partial charge in [0.1, 0.15) is 9.52 Å². The van der Waals surface area contributed by atoms with E-state index in [4.69, 9.17) is 34.8 Å². The molecule has 2 aromatic rings. The number of nitrogens with zero attached hydrogens (tertiary/aromatic N) is 1. The third kappa shape index (κ3) is 5.30. The van der Waals surface area contributed by atoms with Gasteiger partial charge in [-0.1, -0.05) is 65.1 Å². The van der Waals surface area contributed by atoms with Crippen molar-refractivity contribution in [2.45, 2.75) is 0 Å². The minimum Gasteiger partial charge on any atom is -0.320 e. The van der Waals surface area contributed by atoms with E-state index < -0.39 is 5.91 Å². The van der Waals surface area contributed by atoms with Gasteiger partial charge < -0.3 is 10.2 Å². The zero-order valence-corrected chi connectivity index (χ0v) is 16.6. The third-order valence-electron chi connectivity index (χ3n) is 3.12. The summed E-state index contributed by atoms with van der Waals surface area (Å²) < 4.78 is -0.334. The van der Waals surface area contributed by atoms with Gasteiger partial charge in [-0.25, -0.2) is 0 Å². The van der Waals surface area contributed by atoms with Crippen molar-refractivity contribution in [2.75, 3.05) is 26.0 Å². The van der Waals surface area contributed by atoms with Gasteiger partial charge in [-0.05, 0) is 25.7 Å². The van der Waals surface area contributed by atoms with Crippen LogP contribution in [0.5, 0.6) is 0 Å². The molecular formula is C17H15Cl3N2O2S. The fraction of sp³-hybridized carbons (Fsp3) is 0.176. The number of Topliss-reactive ketones (excluding diaryl/α,β-unsaturated/α-hetero) is 1. The number of halogens is 3. The second-order valence-corrected chi connectivity index (χ2v) is 7.79. The molecule has 0 saturated carbocycles. The maximum Gasteiger partial charge on any atom is 0.269 e. The maximum atomic E-state index is 12.5. The molecule has 1 N–H and O–H groups in total. The van der Waals surface area contributed by atoms with Crippen molar-refractivity contribution in [3.05, 3.63) is 50.8 Å². The van der Waals surface area contributed by atoms with E-state index in [1.165, 1.54) is 11.3 Å². The summed E-state index contributed by atoms with van der Waals surface area (Å²) in [5.74, 6) is -0.775. The lowest BCUT2D eigenvalue weighted by Gasteiger charge is -2.09. The van der Waals surface area contributed by atoms with Crippen LogP contribution in [0.4, 0.5) is 5.69 Å². The highest BCUT2D eigenvalue weighted by Crippen LogP contribution is 2.35. The number of likely N-dealkylation sites (N-methyl/N-ethyl adjacent to an activating group) is 1. The molecule has 1 amide bonds. The second kappa shape index (κ2) is 8.83. The molecule has 0 aliphatic rings. The normalized spacial score (nSPS) is 10.6. The van der Waals surface area contributed by atoms with Crippen LogP contribution in [0, 0.1) is 0 Å². The summed E-state index contributed by atoms with van der Waals surface area (Å²) in [6.45, 7) is 0.220. The Balaban J connectivity index is 2.42. The van der Waals surface area contributed by atoms with Gasteiger partial charge in [-0.2, -0.15) is 0 Å². The number of nitrogens with one attached hydrogen (secondary N) is 1. The number of rotatable bonds is 6. The molecule has 0 unspecified atom stereocenters. The quantitative estimate of drug-likeness (QED) is 0.532. The highest BCUT2D eigenvalue weighted by molar-refractivity contribution is 7.18. The number of benzene rings is 1. The van der Waals surface area contributed by atoms with Gasteiger partial charge >= 0.3 is 0 Å². The Kier molecular flexibility index (Phi) is 7.04. The first kappa shape index (κ1) is 19.9. The molecule has 0 saturated heterocycles. The first-order valence-electron chi connectivity index (χ1n) is 7.19. The monoisotopic (exact) mass is 416 g/mol. The summed E-state index contributed by atoms with van der Waals surface area (Å²) in [4.78, 5) is 27.7. The molecule has 2 rings (SSSR count). The van der Waals surface area contributed by atoms with Crippen LogP contribution in [-0.4, -0.2) is 37.2 Å². The Morgan fingerprint density at radius 3 is 2.32 bits per heavy atom. The molecule has 1 aromatic carbocycles. The fourth-order valence-electron chi connectivity index (χ4n) is 2.06. The van der Waals surface area contributed by atoms with Gasteiger partial charge in [0.15, 0.2) is 5.78 Å². The molecule has 0 bridgehead atoms. The number of amides is 1. The van der Waals surface area contributed by atoms with Crippen LogP contribution < -0.4 is 5.32 Å². The van der Waals surface area contributed by atoms with Crippen molar-refractivity contribution in [1.82, 2.24) is 4.90 Å². The van der Waals surface area contributed by atoms with E-state index in [-0.39, 0.29) is 21.9 Å². The molecule has 25 heavy (non-hydrogen) atoms. The highest BCUT2D eigenvalue weighted by atomic mass is 35.5. The summed E-state index contributed by atoms with van der Waals surface area (Å²) in [5.41, 5.74) is 1.33. The van der Waals surface area contributed by atoms with Crippen molar-refractivity contribution in [2.24, 2.45) is 0 Å². The minimum absolute atomic E-state index is 0.107. The number of ketones is 1. The molecule has 0 radical (unpaired) electrons. The molecule has 1 aromatic heterocycles. The predicted molar refractivity (Wildman–Crippen MR) is 106 cm³/mol. The SMILES string of the molecule is CN(C)CC(=O)c1sc(-c2ccccc2)cc1NC(=O)C(Cl)=C(Cl)Cl. The Hall–Kier alpha value is -1.37. The van der Waals surface area contributed by atoms with Crippen molar-refractivity contribution in [1.29, 1.82) is 0 Å². The molecule has 0 atom stereocenters. The van der Waals surface area contributed by atoms with Crippen LogP contribution >= 0.6 is 46.1 Å². The average Bonchev–Trinajstić information content (AvgIpc) is 2.98. The predicted octanol–water partition coefficient (Wildman–Crippen LogP) is 4.98. The van der Waals surface area contributed by atoms with Crippen molar-refractivity contribution in [3.63, 3.8) is 0 Å². The van der Waals surface area contributed by atoms with E-state index in [0.29, 0.717) is 10.6 Å². The molecule has 1 heterocycles. The summed E-state index contributed by atoms with van der Waals surface area (Å²) in [5, 5.41) is 2.28. The molecule has 0 fully saturated rings. The molecular weight excluding hydrogens is 403 g/mol. The zero-order valence-electron chi connectivity index (χ0n) is 13.5. The Morgan fingerprint density at radius 1 is 1.12 bits per heavy atom. The van der Waals surface area contributed by atoms with Crippen molar-refractivity contribution in [3.8, 4) is 10.4 Å². The molecule has 132 valence electrons. The standard InChI is InChI=1S/C17H15Cl3N2O2S/c1-22(2)9-12(23)15-11(21-17(24)14(18)16(19)20)8-13(25-15)10-6-4-3-5-7-10/h3-8H,9H2,1-2H3,(H,21,24). The highest BCUT2D eigenvalue weighted by Gasteiger charge is 2.21. The Labute approximate surface area is 165 Å². The number of hydrogen-bond donors (Lipinski definition) is 1. The summed E-state index contributed by atoms with van der Waals surface area (Å²) in [6, 6.07) is 11.3. The largest absolute Gasteiger partial charge is 0.320 e. The molecule has 8 heteroatoms. The van der Waals surface area contributed by atoms with E-state index in [1.54, 1.807) is 25.1 Å². The Bertz CT molecular complexity index is 813. The van der Waals surface area contributed by atoms with Crippen molar-refractivity contribution >= 4 is 63.5 Å². The van der Waals surface area contributed by atoms with E-state index >= 15 is 0 Å². The summed E-state index contributed by atoms with van der Waals surface area (Å²) in [6.07, 6.45) is 0. The summed E-state index contributed by atoms with van der Waals surface area (Å²) >= 11 is 18.2. The lowest BCUT2D eigenvalue weighted by atomic mass is 10.2. The average molecular weight is 418 g/mol. The minimum atomic E-state index is -0.669. The van der Waals surface area contributed by atoms with Crippen LogP contribution in [0.1, 0.15) is 9.67 Å². The number of carbonyl (C=O) groups excluding carboxylic acids is 2. The van der Waals surface area contributed by atoms with E-state index in [0.717, 1.165) is 10.4 Å². The molecule has 0 spiro atoms. The number of hydrogen-bond acceptors (Lipinski definition) is 4. The maximum absolute atomic E-state index is 12.5. The lowest BCUT2D eigenvalue weighted by Crippen LogP contribution is -2.22. The topological polar surface area (TPSA) is 49.4 Å². The van der Waals surface area contributed by atoms with E-state index in [2.05, 4.69) is 5.32 Å². The van der Waals surface area contributed by atoms with E-state index in [1.807, 2.05) is 30.3 Å². The van der Waals surface area contributed by atoms with Gasteiger partial charge in [0, 0.05) is 4.88 Å². The Morgan fingerprint density at radius 2 is 1.76 bits per heavy atom. The first-order valence-corrected chi connectivity index (χ1v) is 9.14. The zero-order chi connectivity index (χ0) is 18.6. The number of thiophene rings is 1. The van der Waals surface area contributed by atoms with Gasteiger partial charge in [0.05, 0.1) is 17.1 Å². The first-order chi connectivity index (χ1) is 11.8. The van der Waals surface area contributed by atoms with Crippen LogP contribution in [0.15, 0.2) is 45.9 Å². The smallest absolute Gasteiger partial charge is 0.269 e. The van der Waals surface area contributed by atoms with Crippen LogP contribution in [0.3, 0.4) is 0 Å². The van der Waals surface area contributed by atoms with Crippen molar-refractivity contribution < 1.29 is 9.59 Å². The number of anilines is 1. The molecule has 0 aliphatic heterocycles.